The van der Waals surface area contributed by atoms with Gasteiger partial charge in [-0.05, 0) is 25.7 Å². The summed E-state index contributed by atoms with van der Waals surface area (Å²) in [6.07, 6.45) is 1.55. The second-order valence-electron chi connectivity index (χ2n) is 4.73. The molecule has 8 heteroatoms. The number of aromatic nitrogens is 2. The Bertz CT molecular complexity index is 572. The normalized spacial score (nSPS) is 23.7. The van der Waals surface area contributed by atoms with Crippen LogP contribution in [0.25, 0.3) is 0 Å². The first kappa shape index (κ1) is 13.0. The maximum atomic E-state index is 12.1. The number of carbonyl (C=O) groups is 1. The highest BCUT2D eigenvalue weighted by molar-refractivity contribution is 7.89. The number of aromatic carboxylic acids is 1. The summed E-state index contributed by atoms with van der Waals surface area (Å²) in [5, 5.41) is 14.8. The van der Waals surface area contributed by atoms with Crippen LogP contribution in [0.1, 0.15) is 35.9 Å². The molecule has 1 saturated carbocycles. The van der Waals surface area contributed by atoms with Crippen molar-refractivity contribution >= 4 is 16.0 Å². The van der Waals surface area contributed by atoms with Gasteiger partial charge in [-0.25, -0.2) is 17.9 Å². The lowest BCUT2D eigenvalue weighted by Gasteiger charge is -2.32. The highest BCUT2D eigenvalue weighted by Gasteiger charge is 2.34. The Morgan fingerprint density at radius 1 is 1.50 bits per heavy atom. The quantitative estimate of drug-likeness (QED) is 0.739. The van der Waals surface area contributed by atoms with Crippen molar-refractivity contribution < 1.29 is 18.3 Å². The number of nitrogens with zero attached hydrogens (tertiary/aromatic N) is 1. The first-order chi connectivity index (χ1) is 8.31. The predicted molar refractivity (Wildman–Crippen MR) is 62.8 cm³/mol. The van der Waals surface area contributed by atoms with E-state index in [0.29, 0.717) is 5.92 Å². The van der Waals surface area contributed by atoms with Crippen molar-refractivity contribution in [1.82, 2.24) is 14.9 Å². The summed E-state index contributed by atoms with van der Waals surface area (Å²) < 4.78 is 26.7. The number of rotatable bonds is 4. The van der Waals surface area contributed by atoms with E-state index in [-0.39, 0.29) is 16.6 Å². The SMILES string of the molecule is Cc1[nH]nc(C(=O)O)c1S(=O)(=O)NC1CC(C)C1. The lowest BCUT2D eigenvalue weighted by molar-refractivity contribution is 0.0686. The predicted octanol–water partition coefficient (Wildman–Crippen LogP) is 0.493. The molecule has 0 unspecified atom stereocenters. The smallest absolute Gasteiger partial charge is 0.357 e. The molecular formula is C10H15N3O4S. The average Bonchev–Trinajstić information content (AvgIpc) is 2.58. The van der Waals surface area contributed by atoms with Crippen LogP contribution in [-0.2, 0) is 10.0 Å². The number of aromatic amines is 1. The minimum Gasteiger partial charge on any atom is -0.476 e. The number of hydrogen-bond donors (Lipinski definition) is 3. The number of nitrogens with one attached hydrogen (secondary N) is 2. The molecule has 1 aromatic rings. The fourth-order valence-electron chi connectivity index (χ4n) is 2.17. The average molecular weight is 273 g/mol. The second-order valence-corrected chi connectivity index (χ2v) is 6.38. The van der Waals surface area contributed by atoms with E-state index in [1.54, 1.807) is 0 Å². The van der Waals surface area contributed by atoms with Gasteiger partial charge >= 0.3 is 5.97 Å². The first-order valence-corrected chi connectivity index (χ1v) is 7.10. The zero-order valence-electron chi connectivity index (χ0n) is 10.1. The molecule has 0 aliphatic heterocycles. The summed E-state index contributed by atoms with van der Waals surface area (Å²) in [5.41, 5.74) is -0.236. The summed E-state index contributed by atoms with van der Waals surface area (Å²) in [6.45, 7) is 3.52. The van der Waals surface area contributed by atoms with E-state index in [1.807, 2.05) is 6.92 Å². The van der Waals surface area contributed by atoms with Crippen LogP contribution < -0.4 is 4.72 Å². The van der Waals surface area contributed by atoms with Crippen LogP contribution in [-0.4, -0.2) is 35.7 Å². The van der Waals surface area contributed by atoms with Crippen molar-refractivity contribution in [1.29, 1.82) is 0 Å². The van der Waals surface area contributed by atoms with Crippen LogP contribution in [0.2, 0.25) is 0 Å². The van der Waals surface area contributed by atoms with Crippen molar-refractivity contribution in [2.75, 3.05) is 0 Å². The van der Waals surface area contributed by atoms with Gasteiger partial charge in [-0.15, -0.1) is 0 Å². The van der Waals surface area contributed by atoms with Gasteiger partial charge < -0.3 is 5.11 Å². The van der Waals surface area contributed by atoms with Gasteiger partial charge in [0, 0.05) is 6.04 Å². The number of H-pyrrole nitrogens is 1. The van der Waals surface area contributed by atoms with Crippen molar-refractivity contribution in [2.45, 2.75) is 37.6 Å². The van der Waals surface area contributed by atoms with E-state index in [1.165, 1.54) is 6.92 Å². The minimum atomic E-state index is -3.83. The van der Waals surface area contributed by atoms with Crippen molar-refractivity contribution in [3.8, 4) is 0 Å². The molecule has 18 heavy (non-hydrogen) atoms. The Morgan fingerprint density at radius 2 is 2.11 bits per heavy atom. The molecule has 2 rings (SSSR count). The lowest BCUT2D eigenvalue weighted by Crippen LogP contribution is -2.43. The van der Waals surface area contributed by atoms with E-state index in [2.05, 4.69) is 14.9 Å². The standard InChI is InChI=1S/C10H15N3O4S/c1-5-3-7(4-5)13-18(16,17)9-6(2)11-12-8(9)10(14)15/h5,7,13H,3-4H2,1-2H3,(H,11,12)(H,14,15). The van der Waals surface area contributed by atoms with Crippen LogP contribution in [0.5, 0.6) is 0 Å². The Labute approximate surface area is 105 Å². The Morgan fingerprint density at radius 3 is 2.61 bits per heavy atom. The molecule has 0 saturated heterocycles. The molecule has 1 heterocycles. The molecule has 1 aliphatic carbocycles. The molecule has 0 atom stereocenters. The molecule has 1 aromatic heterocycles. The Balaban J connectivity index is 2.29. The number of sulfonamides is 1. The van der Waals surface area contributed by atoms with Crippen molar-refractivity contribution in [2.24, 2.45) is 5.92 Å². The lowest BCUT2D eigenvalue weighted by atomic mass is 9.83. The summed E-state index contributed by atoms with van der Waals surface area (Å²) in [7, 11) is -3.83. The molecule has 0 amide bonds. The molecule has 0 bridgehead atoms. The zero-order chi connectivity index (χ0) is 13.5. The second kappa shape index (κ2) is 4.36. The van der Waals surface area contributed by atoms with Crippen LogP contribution >= 0.6 is 0 Å². The number of carboxylic acid groups (broad SMARTS) is 1. The van der Waals surface area contributed by atoms with E-state index in [4.69, 9.17) is 5.11 Å². The van der Waals surface area contributed by atoms with Crippen LogP contribution in [0, 0.1) is 12.8 Å². The maximum Gasteiger partial charge on any atom is 0.357 e. The van der Waals surface area contributed by atoms with E-state index >= 15 is 0 Å². The van der Waals surface area contributed by atoms with E-state index in [9.17, 15) is 13.2 Å². The highest BCUT2D eigenvalue weighted by Crippen LogP contribution is 2.28. The number of carboxylic acids is 1. The molecular weight excluding hydrogens is 258 g/mol. The van der Waals surface area contributed by atoms with Crippen molar-refractivity contribution in [3.63, 3.8) is 0 Å². The fraction of sp³-hybridized carbons (Fsp3) is 0.600. The summed E-state index contributed by atoms with van der Waals surface area (Å²) in [6, 6.07) is -0.110. The van der Waals surface area contributed by atoms with Gasteiger partial charge in [0.15, 0.2) is 5.69 Å². The largest absolute Gasteiger partial charge is 0.476 e. The van der Waals surface area contributed by atoms with Gasteiger partial charge in [-0.3, -0.25) is 5.10 Å². The van der Waals surface area contributed by atoms with Gasteiger partial charge in [0.05, 0.1) is 5.69 Å². The summed E-state index contributed by atoms with van der Waals surface area (Å²) >= 11 is 0. The van der Waals surface area contributed by atoms with Crippen LogP contribution in [0.3, 0.4) is 0 Å². The van der Waals surface area contributed by atoms with Crippen LogP contribution in [0.15, 0.2) is 4.90 Å². The molecule has 7 nitrogen and oxygen atoms in total. The number of hydrogen-bond acceptors (Lipinski definition) is 4. The molecule has 3 N–H and O–H groups in total. The maximum absolute atomic E-state index is 12.1. The Kier molecular flexibility index (Phi) is 3.16. The first-order valence-electron chi connectivity index (χ1n) is 5.62. The van der Waals surface area contributed by atoms with Gasteiger partial charge in [-0.2, -0.15) is 5.10 Å². The monoisotopic (exact) mass is 273 g/mol. The number of aryl methyl sites for hydroxylation is 1. The van der Waals surface area contributed by atoms with Gasteiger partial charge in [0.1, 0.15) is 4.90 Å². The highest BCUT2D eigenvalue weighted by atomic mass is 32.2. The molecule has 0 radical (unpaired) electrons. The van der Waals surface area contributed by atoms with E-state index < -0.39 is 21.7 Å². The van der Waals surface area contributed by atoms with Gasteiger partial charge in [0.2, 0.25) is 10.0 Å². The third-order valence-corrected chi connectivity index (χ3v) is 4.74. The zero-order valence-corrected chi connectivity index (χ0v) is 10.9. The third-order valence-electron chi connectivity index (χ3n) is 3.06. The molecule has 0 spiro atoms. The Hall–Kier alpha value is -1.41. The van der Waals surface area contributed by atoms with E-state index in [0.717, 1.165) is 12.8 Å². The minimum absolute atomic E-state index is 0.110. The fourth-order valence-corrected chi connectivity index (χ4v) is 3.75. The molecule has 0 aromatic carbocycles. The van der Waals surface area contributed by atoms with Gasteiger partial charge in [0.25, 0.3) is 0 Å². The summed E-state index contributed by atoms with van der Waals surface area (Å²) in [5.74, 6) is -0.858. The molecule has 1 aliphatic rings. The topological polar surface area (TPSA) is 112 Å². The molecule has 100 valence electrons. The third kappa shape index (κ3) is 2.25. The van der Waals surface area contributed by atoms with Crippen LogP contribution in [0.4, 0.5) is 0 Å². The summed E-state index contributed by atoms with van der Waals surface area (Å²) in [4.78, 5) is 10.7. The van der Waals surface area contributed by atoms with Gasteiger partial charge in [-0.1, -0.05) is 6.92 Å². The van der Waals surface area contributed by atoms with Crippen molar-refractivity contribution in [3.05, 3.63) is 11.4 Å². The molecule has 1 fully saturated rings.